The number of rotatable bonds is 7. The highest BCUT2D eigenvalue weighted by molar-refractivity contribution is 5.97. The average molecular weight is 440 g/mol. The average Bonchev–Trinajstić information content (AvgIpc) is 2.81. The molecule has 6 nitrogen and oxygen atoms in total. The summed E-state index contributed by atoms with van der Waals surface area (Å²) >= 11 is 0. The molecule has 0 unspecified atom stereocenters. The van der Waals surface area contributed by atoms with Gasteiger partial charge in [-0.2, -0.15) is 0 Å². The minimum Gasteiger partial charge on any atom is -0.354 e. The number of halogens is 1. The highest BCUT2D eigenvalue weighted by Gasteiger charge is 2.34. The molecule has 0 spiro atoms. The van der Waals surface area contributed by atoms with Crippen molar-refractivity contribution in [1.29, 1.82) is 0 Å². The fraction of sp³-hybridized carbons (Fsp3) is 0.400. The number of hydrogen-bond acceptors (Lipinski definition) is 3. The number of benzene rings is 2. The molecule has 2 aromatic carbocycles. The molecular formula is C25H30FN3O3. The fourth-order valence-electron chi connectivity index (χ4n) is 3.84. The van der Waals surface area contributed by atoms with Gasteiger partial charge >= 0.3 is 0 Å². The first kappa shape index (κ1) is 23.4. The van der Waals surface area contributed by atoms with Crippen LogP contribution < -0.4 is 10.6 Å². The Morgan fingerprint density at radius 3 is 2.19 bits per heavy atom. The van der Waals surface area contributed by atoms with Gasteiger partial charge in [0.1, 0.15) is 11.9 Å². The summed E-state index contributed by atoms with van der Waals surface area (Å²) in [6.45, 7) is 5.49. The molecule has 1 saturated heterocycles. The van der Waals surface area contributed by atoms with E-state index in [1.54, 1.807) is 29.2 Å². The van der Waals surface area contributed by atoms with Crippen LogP contribution in [0.2, 0.25) is 0 Å². The lowest BCUT2D eigenvalue weighted by molar-refractivity contribution is -0.124. The molecule has 1 fully saturated rings. The molecule has 32 heavy (non-hydrogen) atoms. The summed E-state index contributed by atoms with van der Waals surface area (Å²) in [4.78, 5) is 40.1. The van der Waals surface area contributed by atoms with Crippen LogP contribution in [0, 0.1) is 17.7 Å². The predicted octanol–water partition coefficient (Wildman–Crippen LogP) is 3.25. The van der Waals surface area contributed by atoms with Gasteiger partial charge in [0.25, 0.3) is 11.8 Å². The number of carbonyl (C=O) groups excluding carboxylic acids is 3. The summed E-state index contributed by atoms with van der Waals surface area (Å²) in [5.74, 6) is -0.833. The van der Waals surface area contributed by atoms with E-state index in [9.17, 15) is 18.8 Å². The topological polar surface area (TPSA) is 78.5 Å². The Kier molecular flexibility index (Phi) is 7.98. The van der Waals surface area contributed by atoms with E-state index in [0.717, 1.165) is 0 Å². The van der Waals surface area contributed by atoms with Crippen molar-refractivity contribution in [1.82, 2.24) is 15.5 Å². The summed E-state index contributed by atoms with van der Waals surface area (Å²) in [5, 5.41) is 5.84. The molecular weight excluding hydrogens is 409 g/mol. The summed E-state index contributed by atoms with van der Waals surface area (Å²) in [5.41, 5.74) is 0.937. The Morgan fingerprint density at radius 1 is 0.969 bits per heavy atom. The van der Waals surface area contributed by atoms with Gasteiger partial charge < -0.3 is 15.5 Å². The number of hydrogen-bond donors (Lipinski definition) is 2. The zero-order chi connectivity index (χ0) is 23.1. The molecule has 0 bridgehead atoms. The molecule has 7 heteroatoms. The minimum absolute atomic E-state index is 0.0907. The molecule has 0 saturated carbocycles. The lowest BCUT2D eigenvalue weighted by Gasteiger charge is -2.36. The predicted molar refractivity (Wildman–Crippen MR) is 121 cm³/mol. The molecule has 3 rings (SSSR count). The second-order valence-corrected chi connectivity index (χ2v) is 8.59. The maximum atomic E-state index is 13.2. The van der Waals surface area contributed by atoms with Gasteiger partial charge in [-0.25, -0.2) is 4.39 Å². The Balaban J connectivity index is 1.67. The molecule has 170 valence electrons. The third-order valence-electron chi connectivity index (χ3n) is 5.68. The Hall–Kier alpha value is -3.22. The molecule has 0 aliphatic carbocycles. The van der Waals surface area contributed by atoms with E-state index >= 15 is 0 Å². The van der Waals surface area contributed by atoms with E-state index in [1.807, 2.05) is 19.9 Å². The van der Waals surface area contributed by atoms with Crippen LogP contribution >= 0.6 is 0 Å². The second-order valence-electron chi connectivity index (χ2n) is 8.59. The summed E-state index contributed by atoms with van der Waals surface area (Å²) in [6, 6.07) is 13.6. The number of amides is 3. The third-order valence-corrected chi connectivity index (χ3v) is 5.68. The van der Waals surface area contributed by atoms with Crippen molar-refractivity contribution in [3.05, 3.63) is 71.5 Å². The van der Waals surface area contributed by atoms with Crippen molar-refractivity contribution in [2.45, 2.75) is 32.7 Å². The third kappa shape index (κ3) is 6.15. The highest BCUT2D eigenvalue weighted by Crippen LogP contribution is 2.23. The van der Waals surface area contributed by atoms with Gasteiger partial charge in [0, 0.05) is 30.8 Å². The van der Waals surface area contributed by atoms with Crippen molar-refractivity contribution in [3.8, 4) is 0 Å². The van der Waals surface area contributed by atoms with Gasteiger partial charge in [-0.15, -0.1) is 0 Å². The maximum absolute atomic E-state index is 13.2. The number of carbonyl (C=O) groups is 3. The van der Waals surface area contributed by atoms with Crippen molar-refractivity contribution in [2.24, 2.45) is 11.8 Å². The quantitative estimate of drug-likeness (QED) is 0.695. The second kappa shape index (κ2) is 10.9. The lowest BCUT2D eigenvalue weighted by atomic mass is 9.88. The first-order valence-electron chi connectivity index (χ1n) is 11.0. The van der Waals surface area contributed by atoms with E-state index in [1.165, 1.54) is 24.3 Å². The molecule has 1 aliphatic rings. The molecule has 2 aromatic rings. The summed E-state index contributed by atoms with van der Waals surface area (Å²) < 4.78 is 13.2. The minimum atomic E-state index is -0.676. The number of likely N-dealkylation sites (tertiary alicyclic amines) is 1. The van der Waals surface area contributed by atoms with Gasteiger partial charge in [0.15, 0.2) is 0 Å². The van der Waals surface area contributed by atoms with Gasteiger partial charge in [-0.1, -0.05) is 32.0 Å². The lowest BCUT2D eigenvalue weighted by Crippen LogP contribution is -2.54. The van der Waals surface area contributed by atoms with Crippen LogP contribution in [0.3, 0.4) is 0 Å². The molecule has 1 aliphatic heterocycles. The Labute approximate surface area is 188 Å². The standard InChI is InChI=1S/C25H30FN3O3/c1-17(2)16-27-24(31)22(28-23(30)19-6-4-3-5-7-19)18-12-14-29(15-13-18)25(32)20-8-10-21(26)11-9-20/h3-11,17-18,22H,12-16H2,1-2H3,(H,27,31)(H,28,30)/t22-/m0/s1. The molecule has 1 atom stereocenters. The molecule has 0 aromatic heterocycles. The van der Waals surface area contributed by atoms with Crippen molar-refractivity contribution in [2.75, 3.05) is 19.6 Å². The smallest absolute Gasteiger partial charge is 0.253 e. The molecule has 3 amide bonds. The van der Waals surface area contributed by atoms with Gasteiger partial charge in [0.05, 0.1) is 0 Å². The van der Waals surface area contributed by atoms with E-state index in [-0.39, 0.29) is 29.5 Å². The van der Waals surface area contributed by atoms with Crippen LogP contribution in [-0.2, 0) is 4.79 Å². The molecule has 2 N–H and O–H groups in total. The fourth-order valence-corrected chi connectivity index (χ4v) is 3.84. The highest BCUT2D eigenvalue weighted by atomic mass is 19.1. The molecule has 0 radical (unpaired) electrons. The van der Waals surface area contributed by atoms with E-state index < -0.39 is 6.04 Å². The van der Waals surface area contributed by atoms with Crippen LogP contribution in [0.4, 0.5) is 4.39 Å². The van der Waals surface area contributed by atoms with E-state index in [0.29, 0.717) is 49.5 Å². The zero-order valence-corrected chi connectivity index (χ0v) is 18.5. The van der Waals surface area contributed by atoms with Crippen molar-refractivity contribution in [3.63, 3.8) is 0 Å². The van der Waals surface area contributed by atoms with Crippen LogP contribution in [-0.4, -0.2) is 48.3 Å². The van der Waals surface area contributed by atoms with E-state index in [2.05, 4.69) is 10.6 Å². The monoisotopic (exact) mass is 439 g/mol. The van der Waals surface area contributed by atoms with E-state index in [4.69, 9.17) is 0 Å². The SMILES string of the molecule is CC(C)CNC(=O)[C@@H](NC(=O)c1ccccc1)C1CCN(C(=O)c2ccc(F)cc2)CC1. The number of nitrogens with zero attached hydrogens (tertiary/aromatic N) is 1. The normalized spacial score (nSPS) is 15.3. The molecule has 1 heterocycles. The van der Waals surface area contributed by atoms with Crippen LogP contribution in [0.15, 0.2) is 54.6 Å². The van der Waals surface area contributed by atoms with Crippen molar-refractivity contribution < 1.29 is 18.8 Å². The van der Waals surface area contributed by atoms with Crippen LogP contribution in [0.5, 0.6) is 0 Å². The summed E-state index contributed by atoms with van der Waals surface area (Å²) in [7, 11) is 0. The zero-order valence-electron chi connectivity index (χ0n) is 18.5. The maximum Gasteiger partial charge on any atom is 0.253 e. The van der Waals surface area contributed by atoms with Crippen molar-refractivity contribution >= 4 is 17.7 Å². The first-order valence-corrected chi connectivity index (χ1v) is 11.0. The largest absolute Gasteiger partial charge is 0.354 e. The van der Waals surface area contributed by atoms with Gasteiger partial charge in [-0.05, 0) is 61.1 Å². The van der Waals surface area contributed by atoms with Gasteiger partial charge in [-0.3, -0.25) is 14.4 Å². The van der Waals surface area contributed by atoms with Crippen LogP contribution in [0.25, 0.3) is 0 Å². The number of nitrogens with one attached hydrogen (secondary N) is 2. The number of piperidine rings is 1. The Morgan fingerprint density at radius 2 is 1.59 bits per heavy atom. The van der Waals surface area contributed by atoms with Gasteiger partial charge in [0.2, 0.25) is 5.91 Å². The Bertz CT molecular complexity index is 923. The summed E-state index contributed by atoms with van der Waals surface area (Å²) in [6.07, 6.45) is 1.17. The van der Waals surface area contributed by atoms with Crippen LogP contribution in [0.1, 0.15) is 47.4 Å². The first-order chi connectivity index (χ1) is 15.3.